The minimum Gasteiger partial charge on any atom is -0.477 e. The lowest BCUT2D eigenvalue weighted by molar-refractivity contribution is 0.0689. The summed E-state index contributed by atoms with van der Waals surface area (Å²) in [5.74, 6) is -0.968. The number of nitrogens with zero attached hydrogens (tertiary/aromatic N) is 1. The van der Waals surface area contributed by atoms with Crippen molar-refractivity contribution < 1.29 is 9.90 Å². The van der Waals surface area contributed by atoms with Gasteiger partial charge in [0, 0.05) is 5.56 Å². The van der Waals surface area contributed by atoms with Gasteiger partial charge in [0.05, 0.1) is 6.20 Å². The molecule has 1 heterocycles. The quantitative estimate of drug-likeness (QED) is 0.715. The van der Waals surface area contributed by atoms with Crippen molar-refractivity contribution in [2.24, 2.45) is 0 Å². The Morgan fingerprint density at radius 2 is 2.18 bits per heavy atom. The second-order valence-electron chi connectivity index (χ2n) is 1.73. The summed E-state index contributed by atoms with van der Waals surface area (Å²) in [5, 5.41) is 14.3. The first-order valence-corrected chi connectivity index (χ1v) is 2.45. The highest BCUT2D eigenvalue weighted by Gasteiger charge is 2.06. The first-order chi connectivity index (χ1) is 4.22. The fourth-order valence-corrected chi connectivity index (χ4v) is 0.563. The number of carboxylic acid groups (broad SMARTS) is 1. The lowest BCUT2D eigenvalue weighted by atomic mass is 10.3. The molecule has 0 aliphatic carbocycles. The van der Waals surface area contributed by atoms with Crippen LogP contribution in [-0.4, -0.2) is 21.3 Å². The van der Waals surface area contributed by atoms with Crippen molar-refractivity contribution in [3.63, 3.8) is 0 Å². The Labute approximate surface area is 75.8 Å². The zero-order chi connectivity index (χ0) is 6.85. The number of aromatic amines is 1. The van der Waals surface area contributed by atoms with Crippen LogP contribution in [0.2, 0.25) is 0 Å². The molecule has 2 N–H and O–H groups in total. The molecule has 11 heavy (non-hydrogen) atoms. The zero-order valence-corrected chi connectivity index (χ0v) is 7.33. The van der Waals surface area contributed by atoms with Crippen LogP contribution in [0.15, 0.2) is 6.20 Å². The molecule has 0 aliphatic heterocycles. The number of hydrogen-bond acceptors (Lipinski definition) is 2. The molecule has 0 radical (unpaired) electrons. The van der Waals surface area contributed by atoms with E-state index in [1.54, 1.807) is 6.92 Å². The largest absolute Gasteiger partial charge is 0.477 e. The third-order valence-electron chi connectivity index (χ3n) is 1.04. The van der Waals surface area contributed by atoms with E-state index in [4.69, 9.17) is 5.11 Å². The predicted octanol–water partition coefficient (Wildman–Crippen LogP) is 1.26. The van der Waals surface area contributed by atoms with Gasteiger partial charge in [-0.1, -0.05) is 0 Å². The average molecular weight is 199 g/mol. The van der Waals surface area contributed by atoms with E-state index in [2.05, 4.69) is 10.2 Å². The number of aromatic carboxylic acids is 1. The zero-order valence-electron chi connectivity index (χ0n) is 5.70. The van der Waals surface area contributed by atoms with E-state index in [1.807, 2.05) is 0 Å². The molecule has 0 saturated heterocycles. The van der Waals surface area contributed by atoms with E-state index in [9.17, 15) is 4.79 Å². The summed E-state index contributed by atoms with van der Waals surface area (Å²) in [4.78, 5) is 10.2. The van der Waals surface area contributed by atoms with Crippen molar-refractivity contribution in [2.75, 3.05) is 0 Å². The Morgan fingerprint density at radius 1 is 1.64 bits per heavy atom. The van der Waals surface area contributed by atoms with Gasteiger partial charge in [0.15, 0.2) is 0 Å². The molecular weight excluding hydrogens is 191 g/mol. The molecule has 0 bridgehead atoms. The minimum atomic E-state index is -0.968. The average Bonchev–Trinajstić information content (AvgIpc) is 2.13. The second-order valence-corrected chi connectivity index (χ2v) is 1.73. The number of carboxylic acids is 1. The van der Waals surface area contributed by atoms with E-state index in [0.717, 1.165) is 0 Å². The maximum atomic E-state index is 10.2. The van der Waals surface area contributed by atoms with Gasteiger partial charge in [-0.2, -0.15) is 5.10 Å². The number of aromatic nitrogens is 2. The van der Waals surface area contributed by atoms with Gasteiger partial charge in [-0.15, -0.1) is 24.8 Å². The van der Waals surface area contributed by atoms with E-state index in [-0.39, 0.29) is 30.5 Å². The molecule has 0 aliphatic rings. The molecule has 1 aromatic heterocycles. The summed E-state index contributed by atoms with van der Waals surface area (Å²) in [6.07, 6.45) is 1.48. The third kappa shape index (κ3) is 2.78. The van der Waals surface area contributed by atoms with Crippen LogP contribution < -0.4 is 0 Å². The number of rotatable bonds is 1. The van der Waals surface area contributed by atoms with Crippen molar-refractivity contribution >= 4 is 30.8 Å². The van der Waals surface area contributed by atoms with Crippen molar-refractivity contribution in [1.29, 1.82) is 0 Å². The fraction of sp³-hybridized carbons (Fsp3) is 0.200. The Hall–Kier alpha value is -0.740. The van der Waals surface area contributed by atoms with Crippen LogP contribution in [0.4, 0.5) is 0 Å². The molecule has 1 aromatic rings. The van der Waals surface area contributed by atoms with Gasteiger partial charge in [-0.25, -0.2) is 4.79 Å². The molecule has 0 fully saturated rings. The molecule has 0 unspecified atom stereocenters. The molecule has 0 saturated carbocycles. The van der Waals surface area contributed by atoms with E-state index in [1.165, 1.54) is 6.20 Å². The summed E-state index contributed by atoms with van der Waals surface area (Å²) in [6.45, 7) is 1.69. The highest BCUT2D eigenvalue weighted by molar-refractivity contribution is 5.86. The monoisotopic (exact) mass is 198 g/mol. The van der Waals surface area contributed by atoms with Gasteiger partial charge in [0.25, 0.3) is 0 Å². The van der Waals surface area contributed by atoms with Crippen LogP contribution in [0.5, 0.6) is 0 Å². The summed E-state index contributed by atoms with van der Waals surface area (Å²) >= 11 is 0. The summed E-state index contributed by atoms with van der Waals surface area (Å²) in [6, 6.07) is 0. The summed E-state index contributed by atoms with van der Waals surface area (Å²) in [7, 11) is 0. The van der Waals surface area contributed by atoms with Gasteiger partial charge in [0.1, 0.15) is 5.69 Å². The van der Waals surface area contributed by atoms with Crippen LogP contribution in [0.25, 0.3) is 0 Å². The number of halogens is 2. The molecule has 0 spiro atoms. The number of H-pyrrole nitrogens is 1. The maximum absolute atomic E-state index is 10.2. The highest BCUT2D eigenvalue weighted by atomic mass is 35.5. The van der Waals surface area contributed by atoms with Crippen LogP contribution in [0, 0.1) is 6.92 Å². The Morgan fingerprint density at radius 3 is 2.36 bits per heavy atom. The molecule has 0 amide bonds. The number of carbonyl (C=O) groups is 1. The fourth-order valence-electron chi connectivity index (χ4n) is 0.563. The molecule has 1 rings (SSSR count). The van der Waals surface area contributed by atoms with Crippen molar-refractivity contribution in [2.45, 2.75) is 6.92 Å². The minimum absolute atomic E-state index is 0. The normalized spacial score (nSPS) is 7.73. The van der Waals surface area contributed by atoms with E-state index < -0.39 is 5.97 Å². The van der Waals surface area contributed by atoms with E-state index in [0.29, 0.717) is 5.56 Å². The molecule has 0 atom stereocenters. The molecule has 0 aromatic carbocycles. The van der Waals surface area contributed by atoms with Crippen molar-refractivity contribution in [3.05, 3.63) is 17.5 Å². The Kier molecular flexibility index (Phi) is 5.84. The summed E-state index contributed by atoms with van der Waals surface area (Å²) < 4.78 is 0. The van der Waals surface area contributed by atoms with Gasteiger partial charge in [-0.3, -0.25) is 5.10 Å². The lowest BCUT2D eigenvalue weighted by Gasteiger charge is -1.85. The standard InChI is InChI=1S/C5H6N2O2.2ClH/c1-3-2-6-7-4(3)5(8)9;;/h2H,1H3,(H,6,7)(H,8,9);2*1H. The van der Waals surface area contributed by atoms with Gasteiger partial charge >= 0.3 is 5.97 Å². The van der Waals surface area contributed by atoms with Gasteiger partial charge in [0.2, 0.25) is 0 Å². The predicted molar refractivity (Wildman–Crippen MR) is 44.8 cm³/mol. The molecule has 64 valence electrons. The number of aryl methyl sites for hydroxylation is 1. The number of nitrogens with one attached hydrogen (secondary N) is 1. The highest BCUT2D eigenvalue weighted by Crippen LogP contribution is 1.99. The Balaban J connectivity index is 0. The Bertz CT molecular complexity index is 236. The number of hydrogen-bond donors (Lipinski definition) is 2. The van der Waals surface area contributed by atoms with Crippen LogP contribution in [0.3, 0.4) is 0 Å². The lowest BCUT2D eigenvalue weighted by Crippen LogP contribution is -1.98. The maximum Gasteiger partial charge on any atom is 0.354 e. The van der Waals surface area contributed by atoms with Crippen LogP contribution in [0.1, 0.15) is 16.1 Å². The molecule has 6 heteroatoms. The third-order valence-corrected chi connectivity index (χ3v) is 1.04. The summed E-state index contributed by atoms with van der Waals surface area (Å²) in [5.41, 5.74) is 0.817. The second kappa shape index (κ2) is 4.98. The topological polar surface area (TPSA) is 66.0 Å². The first kappa shape index (κ1) is 12.9. The van der Waals surface area contributed by atoms with Gasteiger partial charge < -0.3 is 5.11 Å². The molecular formula is C5H8Cl2N2O2. The van der Waals surface area contributed by atoms with Crippen LogP contribution >= 0.6 is 24.8 Å². The van der Waals surface area contributed by atoms with Crippen LogP contribution in [-0.2, 0) is 0 Å². The molecule has 4 nitrogen and oxygen atoms in total. The smallest absolute Gasteiger partial charge is 0.354 e. The van der Waals surface area contributed by atoms with Crippen molar-refractivity contribution in [1.82, 2.24) is 10.2 Å². The SMILES string of the molecule is Cc1cn[nH]c1C(=O)O.Cl.Cl. The van der Waals surface area contributed by atoms with Gasteiger partial charge in [-0.05, 0) is 6.92 Å². The van der Waals surface area contributed by atoms with Crippen molar-refractivity contribution in [3.8, 4) is 0 Å². The van der Waals surface area contributed by atoms with E-state index >= 15 is 0 Å². The first-order valence-electron chi connectivity index (χ1n) is 2.45.